The molecule has 0 spiro atoms. The van der Waals surface area contributed by atoms with Gasteiger partial charge in [-0.05, 0) is 5.92 Å². The van der Waals surface area contributed by atoms with E-state index < -0.39 is 10.8 Å². The molecule has 0 aliphatic heterocycles. The number of carbonyl (C=O) groups is 1. The zero-order chi connectivity index (χ0) is 16.0. The summed E-state index contributed by atoms with van der Waals surface area (Å²) in [6, 6.07) is 2.40. The average Bonchev–Trinajstić information content (AvgIpc) is 2.50. The van der Waals surface area contributed by atoms with Gasteiger partial charge in [-0.3, -0.25) is 14.9 Å². The lowest BCUT2D eigenvalue weighted by Crippen LogP contribution is -2.30. The van der Waals surface area contributed by atoms with Crippen LogP contribution in [0.2, 0.25) is 0 Å². The first kappa shape index (κ1) is 16.7. The van der Waals surface area contributed by atoms with Gasteiger partial charge in [0.1, 0.15) is 5.56 Å². The number of amides is 1. The Balaban J connectivity index is 3.14. The van der Waals surface area contributed by atoms with Crippen molar-refractivity contribution in [3.05, 3.63) is 27.8 Å². The first-order chi connectivity index (χ1) is 9.94. The third kappa shape index (κ3) is 4.06. The lowest BCUT2D eigenvalue weighted by Gasteiger charge is -2.12. The average molecular weight is 298 g/mol. The van der Waals surface area contributed by atoms with Crippen molar-refractivity contribution in [2.45, 2.75) is 6.92 Å². The highest BCUT2D eigenvalue weighted by Gasteiger charge is 2.24. The zero-order valence-corrected chi connectivity index (χ0v) is 12.1. The van der Waals surface area contributed by atoms with E-state index in [1.807, 2.05) is 0 Å². The Bertz CT molecular complexity index is 532. The van der Waals surface area contributed by atoms with Crippen molar-refractivity contribution in [3.63, 3.8) is 0 Å². The molecule has 0 bridgehead atoms. The molecule has 1 aromatic rings. The van der Waals surface area contributed by atoms with Gasteiger partial charge >= 0.3 is 0 Å². The number of aliphatic hydroxyl groups is 1. The van der Waals surface area contributed by atoms with E-state index in [-0.39, 0.29) is 41.8 Å². The second kappa shape index (κ2) is 7.44. The van der Waals surface area contributed by atoms with Crippen molar-refractivity contribution in [3.8, 4) is 11.5 Å². The summed E-state index contributed by atoms with van der Waals surface area (Å²) in [4.78, 5) is 22.5. The van der Waals surface area contributed by atoms with Crippen molar-refractivity contribution < 1.29 is 24.3 Å². The molecule has 0 aliphatic rings. The number of nitro benzene ring substituents is 1. The second-order valence-corrected chi connectivity index (χ2v) is 4.48. The van der Waals surface area contributed by atoms with Crippen LogP contribution in [-0.4, -0.2) is 43.3 Å². The van der Waals surface area contributed by atoms with Crippen molar-refractivity contribution in [1.82, 2.24) is 5.32 Å². The molecule has 0 heterocycles. The number of rotatable bonds is 7. The van der Waals surface area contributed by atoms with Crippen LogP contribution in [0.5, 0.6) is 11.5 Å². The SMILES string of the molecule is COc1cc(C(=O)NCC(C)CO)c([N+](=O)[O-])cc1OC. The van der Waals surface area contributed by atoms with Crippen LogP contribution in [0.15, 0.2) is 12.1 Å². The maximum Gasteiger partial charge on any atom is 0.286 e. The van der Waals surface area contributed by atoms with E-state index in [1.54, 1.807) is 6.92 Å². The highest BCUT2D eigenvalue weighted by atomic mass is 16.6. The Morgan fingerprint density at radius 3 is 2.43 bits per heavy atom. The minimum Gasteiger partial charge on any atom is -0.493 e. The smallest absolute Gasteiger partial charge is 0.286 e. The fraction of sp³-hybridized carbons (Fsp3) is 0.462. The molecule has 1 atom stereocenters. The third-order valence-electron chi connectivity index (χ3n) is 2.87. The van der Waals surface area contributed by atoms with Crippen LogP contribution in [0.25, 0.3) is 0 Å². The molecule has 1 amide bonds. The number of carbonyl (C=O) groups excluding carboxylic acids is 1. The predicted molar refractivity (Wildman–Crippen MR) is 74.8 cm³/mol. The molecule has 0 aromatic heterocycles. The summed E-state index contributed by atoms with van der Waals surface area (Å²) >= 11 is 0. The van der Waals surface area contributed by atoms with E-state index in [0.29, 0.717) is 0 Å². The van der Waals surface area contributed by atoms with Crippen molar-refractivity contribution in [2.75, 3.05) is 27.4 Å². The number of benzene rings is 1. The largest absolute Gasteiger partial charge is 0.493 e. The quantitative estimate of drug-likeness (QED) is 0.573. The third-order valence-corrected chi connectivity index (χ3v) is 2.87. The molecule has 1 aromatic carbocycles. The molecule has 0 saturated carbocycles. The molecule has 0 fully saturated rings. The number of hydrogen-bond acceptors (Lipinski definition) is 6. The zero-order valence-electron chi connectivity index (χ0n) is 12.1. The molecule has 0 saturated heterocycles. The minimum atomic E-state index is -0.660. The summed E-state index contributed by atoms with van der Waals surface area (Å²) in [5.74, 6) is -0.357. The molecule has 2 N–H and O–H groups in total. The van der Waals surface area contributed by atoms with Crippen LogP contribution in [0.3, 0.4) is 0 Å². The van der Waals surface area contributed by atoms with E-state index >= 15 is 0 Å². The molecule has 21 heavy (non-hydrogen) atoms. The van der Waals surface area contributed by atoms with Gasteiger partial charge in [-0.15, -0.1) is 0 Å². The highest BCUT2D eigenvalue weighted by Crippen LogP contribution is 2.34. The number of ether oxygens (including phenoxy) is 2. The highest BCUT2D eigenvalue weighted by molar-refractivity contribution is 5.99. The van der Waals surface area contributed by atoms with Gasteiger partial charge in [0.2, 0.25) is 0 Å². The van der Waals surface area contributed by atoms with Gasteiger partial charge in [0, 0.05) is 19.2 Å². The van der Waals surface area contributed by atoms with E-state index in [1.165, 1.54) is 20.3 Å². The Morgan fingerprint density at radius 1 is 1.38 bits per heavy atom. The van der Waals surface area contributed by atoms with Crippen molar-refractivity contribution in [2.24, 2.45) is 5.92 Å². The Hall–Kier alpha value is -2.35. The molecule has 0 radical (unpaired) electrons. The molecule has 8 nitrogen and oxygen atoms in total. The monoisotopic (exact) mass is 298 g/mol. The van der Waals surface area contributed by atoms with Gasteiger partial charge in [0.15, 0.2) is 11.5 Å². The normalized spacial score (nSPS) is 11.6. The summed E-state index contributed by atoms with van der Waals surface area (Å²) in [7, 11) is 2.73. The van der Waals surface area contributed by atoms with E-state index in [0.717, 1.165) is 6.07 Å². The van der Waals surface area contributed by atoms with Gasteiger partial charge in [-0.25, -0.2) is 0 Å². The summed E-state index contributed by atoms with van der Waals surface area (Å²) < 4.78 is 10.0. The fourth-order valence-electron chi connectivity index (χ4n) is 1.63. The van der Waals surface area contributed by atoms with Crippen LogP contribution in [0.1, 0.15) is 17.3 Å². The number of nitro groups is 1. The second-order valence-electron chi connectivity index (χ2n) is 4.48. The van der Waals surface area contributed by atoms with Crippen LogP contribution in [-0.2, 0) is 0 Å². The van der Waals surface area contributed by atoms with Gasteiger partial charge in [-0.1, -0.05) is 6.92 Å². The number of nitrogens with zero attached hydrogens (tertiary/aromatic N) is 1. The molecule has 1 rings (SSSR count). The maximum absolute atomic E-state index is 12.1. The summed E-state index contributed by atoms with van der Waals surface area (Å²) in [6.45, 7) is 1.86. The maximum atomic E-state index is 12.1. The lowest BCUT2D eigenvalue weighted by atomic mass is 10.1. The molecular weight excluding hydrogens is 280 g/mol. The first-order valence-corrected chi connectivity index (χ1v) is 6.24. The van der Waals surface area contributed by atoms with Gasteiger partial charge in [-0.2, -0.15) is 0 Å². The van der Waals surface area contributed by atoms with E-state index in [4.69, 9.17) is 14.6 Å². The number of methoxy groups -OCH3 is 2. The lowest BCUT2D eigenvalue weighted by molar-refractivity contribution is -0.385. The standard InChI is InChI=1S/C13H18N2O6/c1-8(7-16)6-14-13(17)9-4-11(20-2)12(21-3)5-10(9)15(18)19/h4-5,8,16H,6-7H2,1-3H3,(H,14,17). The fourth-order valence-corrected chi connectivity index (χ4v) is 1.63. The van der Waals surface area contributed by atoms with Gasteiger partial charge < -0.3 is 19.9 Å². The summed E-state index contributed by atoms with van der Waals surface area (Å²) in [5.41, 5.74) is -0.496. The summed E-state index contributed by atoms with van der Waals surface area (Å²) in [5, 5.41) is 22.5. The Kier molecular flexibility index (Phi) is 5.92. The van der Waals surface area contributed by atoms with E-state index in [9.17, 15) is 14.9 Å². The molecular formula is C13H18N2O6. The van der Waals surface area contributed by atoms with Crippen LogP contribution >= 0.6 is 0 Å². The Labute approximate surface area is 121 Å². The molecule has 116 valence electrons. The van der Waals surface area contributed by atoms with Crippen LogP contribution in [0, 0.1) is 16.0 Å². The number of aliphatic hydroxyl groups excluding tert-OH is 1. The van der Waals surface area contributed by atoms with Gasteiger partial charge in [0.05, 0.1) is 25.2 Å². The molecule has 1 unspecified atom stereocenters. The number of hydrogen-bond donors (Lipinski definition) is 2. The first-order valence-electron chi connectivity index (χ1n) is 6.24. The molecule has 0 aliphatic carbocycles. The number of nitrogens with one attached hydrogen (secondary N) is 1. The minimum absolute atomic E-state index is 0.0890. The summed E-state index contributed by atoms with van der Waals surface area (Å²) in [6.07, 6.45) is 0. The topological polar surface area (TPSA) is 111 Å². The predicted octanol–water partition coefficient (Wildman–Crippen LogP) is 0.970. The molecule has 8 heteroatoms. The van der Waals surface area contributed by atoms with Crippen molar-refractivity contribution >= 4 is 11.6 Å². The Morgan fingerprint density at radius 2 is 1.95 bits per heavy atom. The van der Waals surface area contributed by atoms with Crippen molar-refractivity contribution in [1.29, 1.82) is 0 Å². The van der Waals surface area contributed by atoms with Gasteiger partial charge in [0.25, 0.3) is 11.6 Å². The van der Waals surface area contributed by atoms with Crippen LogP contribution < -0.4 is 14.8 Å². The van der Waals surface area contributed by atoms with E-state index in [2.05, 4.69) is 5.32 Å². The van der Waals surface area contributed by atoms with Crippen LogP contribution in [0.4, 0.5) is 5.69 Å².